The Kier molecular flexibility index (Phi) is 7.88. The first-order valence-corrected chi connectivity index (χ1v) is 13.2. The van der Waals surface area contributed by atoms with Gasteiger partial charge in [-0.3, -0.25) is 9.59 Å². The highest BCUT2D eigenvalue weighted by atomic mass is 32.1. The summed E-state index contributed by atoms with van der Waals surface area (Å²) in [7, 11) is 0. The summed E-state index contributed by atoms with van der Waals surface area (Å²) in [5.41, 5.74) is 1.86. The number of aliphatic hydroxyl groups excluding tert-OH is 1. The van der Waals surface area contributed by atoms with Crippen molar-refractivity contribution in [1.82, 2.24) is 4.90 Å². The molecule has 1 saturated heterocycles. The fourth-order valence-electron chi connectivity index (χ4n) is 4.52. The maximum Gasteiger partial charge on any atom is 0.295 e. The third-order valence-electron chi connectivity index (χ3n) is 6.25. The lowest BCUT2D eigenvalue weighted by atomic mass is 9.93. The SMILES string of the molecule is CCOc1cc(C2/C(=C(\O)c3ccc(OCC)c(C(C)C)c3)C(=O)C(=O)N2Cc2cccs2)ccc1O. The Morgan fingerprint density at radius 1 is 1.03 bits per heavy atom. The number of thiophene rings is 1. The zero-order valence-corrected chi connectivity index (χ0v) is 22.2. The number of rotatable bonds is 9. The Morgan fingerprint density at radius 2 is 1.76 bits per heavy atom. The number of hydrogen-bond donors (Lipinski definition) is 2. The minimum absolute atomic E-state index is 0.00596. The number of Topliss-reactive ketones (excluding diaryl/α,β-unsaturated/α-hetero) is 1. The van der Waals surface area contributed by atoms with E-state index in [1.54, 1.807) is 37.3 Å². The summed E-state index contributed by atoms with van der Waals surface area (Å²) >= 11 is 1.48. The smallest absolute Gasteiger partial charge is 0.295 e. The molecule has 37 heavy (non-hydrogen) atoms. The maximum absolute atomic E-state index is 13.4. The van der Waals surface area contributed by atoms with E-state index in [-0.39, 0.29) is 35.3 Å². The molecule has 1 amide bonds. The van der Waals surface area contributed by atoms with Gasteiger partial charge in [-0.1, -0.05) is 26.0 Å². The lowest BCUT2D eigenvalue weighted by Crippen LogP contribution is -2.28. The summed E-state index contributed by atoms with van der Waals surface area (Å²) in [5.74, 6) is -0.696. The molecular formula is C29H31NO6S. The van der Waals surface area contributed by atoms with Crippen LogP contribution in [0.2, 0.25) is 0 Å². The number of carbonyl (C=O) groups is 2. The van der Waals surface area contributed by atoms with E-state index in [1.807, 2.05) is 38.3 Å². The molecule has 2 N–H and O–H groups in total. The molecule has 2 aromatic carbocycles. The Balaban J connectivity index is 1.89. The monoisotopic (exact) mass is 521 g/mol. The Hall–Kier alpha value is -3.78. The van der Waals surface area contributed by atoms with E-state index in [0.29, 0.717) is 30.1 Å². The molecular weight excluding hydrogens is 490 g/mol. The van der Waals surface area contributed by atoms with Crippen molar-refractivity contribution in [2.24, 2.45) is 0 Å². The van der Waals surface area contributed by atoms with Gasteiger partial charge >= 0.3 is 0 Å². The summed E-state index contributed by atoms with van der Waals surface area (Å²) in [6, 6.07) is 12.9. The first-order chi connectivity index (χ1) is 17.8. The number of hydrogen-bond acceptors (Lipinski definition) is 7. The van der Waals surface area contributed by atoms with Crippen molar-refractivity contribution in [2.45, 2.75) is 46.2 Å². The van der Waals surface area contributed by atoms with Gasteiger partial charge in [0.05, 0.1) is 31.4 Å². The number of aliphatic hydroxyl groups is 1. The number of nitrogens with zero attached hydrogens (tertiary/aromatic N) is 1. The second-order valence-corrected chi connectivity index (χ2v) is 10.0. The van der Waals surface area contributed by atoms with Crippen LogP contribution in [0.4, 0.5) is 0 Å². The zero-order chi connectivity index (χ0) is 26.7. The van der Waals surface area contributed by atoms with Gasteiger partial charge in [0.1, 0.15) is 11.5 Å². The van der Waals surface area contributed by atoms with Crippen molar-refractivity contribution in [3.63, 3.8) is 0 Å². The number of phenols is 1. The van der Waals surface area contributed by atoms with Crippen molar-refractivity contribution in [3.05, 3.63) is 81.1 Å². The van der Waals surface area contributed by atoms with Crippen LogP contribution in [0.3, 0.4) is 0 Å². The summed E-state index contributed by atoms with van der Waals surface area (Å²) in [6.45, 7) is 8.78. The van der Waals surface area contributed by atoms with Gasteiger partial charge in [-0.15, -0.1) is 11.3 Å². The van der Waals surface area contributed by atoms with Gasteiger partial charge in [0.2, 0.25) is 0 Å². The lowest BCUT2D eigenvalue weighted by molar-refractivity contribution is -0.140. The van der Waals surface area contributed by atoms with Gasteiger partial charge in [0, 0.05) is 10.4 Å². The number of phenolic OH excluding ortho intramolecular Hbond substituents is 1. The highest BCUT2D eigenvalue weighted by Gasteiger charge is 2.46. The van der Waals surface area contributed by atoms with Crippen LogP contribution in [0, 0.1) is 0 Å². The minimum atomic E-state index is -0.865. The number of ketones is 1. The second kappa shape index (κ2) is 11.1. The van der Waals surface area contributed by atoms with Crippen LogP contribution in [0.15, 0.2) is 59.5 Å². The molecule has 1 fully saturated rings. The Morgan fingerprint density at radius 3 is 2.41 bits per heavy atom. The van der Waals surface area contributed by atoms with Gasteiger partial charge in [0.25, 0.3) is 11.7 Å². The molecule has 0 bridgehead atoms. The zero-order valence-electron chi connectivity index (χ0n) is 21.4. The molecule has 194 valence electrons. The van der Waals surface area contributed by atoms with Crippen LogP contribution in [0.1, 0.15) is 61.2 Å². The van der Waals surface area contributed by atoms with Gasteiger partial charge < -0.3 is 24.6 Å². The third-order valence-corrected chi connectivity index (χ3v) is 7.11. The van der Waals surface area contributed by atoms with Crippen molar-refractivity contribution in [3.8, 4) is 17.2 Å². The Bertz CT molecular complexity index is 1330. The Labute approximate surface area is 220 Å². The first-order valence-electron chi connectivity index (χ1n) is 12.3. The number of aromatic hydroxyl groups is 1. The number of amides is 1. The topological polar surface area (TPSA) is 96.3 Å². The van der Waals surface area contributed by atoms with E-state index >= 15 is 0 Å². The largest absolute Gasteiger partial charge is 0.507 e. The molecule has 1 unspecified atom stereocenters. The normalized spacial score (nSPS) is 17.0. The predicted molar refractivity (Wildman–Crippen MR) is 143 cm³/mol. The van der Waals surface area contributed by atoms with Gasteiger partial charge in [-0.2, -0.15) is 0 Å². The highest BCUT2D eigenvalue weighted by molar-refractivity contribution is 7.09. The van der Waals surface area contributed by atoms with Crippen molar-refractivity contribution in [1.29, 1.82) is 0 Å². The standard InChI is InChI=1S/C29H31NO6S/c1-5-35-23-12-10-19(14-21(23)17(3)4)27(32)25-26(18-9-11-22(31)24(15-18)36-6-2)30(29(34)28(25)33)16-20-8-7-13-37-20/h7-15,17,26,31-32H,5-6,16H2,1-4H3/b27-25+. The van der Waals surface area contributed by atoms with E-state index in [1.165, 1.54) is 22.3 Å². The average Bonchev–Trinajstić information content (AvgIpc) is 3.48. The molecule has 1 aliphatic rings. The molecule has 1 aromatic heterocycles. The summed E-state index contributed by atoms with van der Waals surface area (Å²) in [4.78, 5) is 29.0. The van der Waals surface area contributed by atoms with E-state index in [9.17, 15) is 19.8 Å². The summed E-state index contributed by atoms with van der Waals surface area (Å²) in [6.07, 6.45) is 0. The van der Waals surface area contributed by atoms with Crippen LogP contribution in [-0.2, 0) is 16.1 Å². The van der Waals surface area contributed by atoms with Crippen molar-refractivity contribution >= 4 is 28.8 Å². The number of benzene rings is 2. The molecule has 2 heterocycles. The average molecular weight is 522 g/mol. The minimum Gasteiger partial charge on any atom is -0.507 e. The molecule has 0 saturated carbocycles. The van der Waals surface area contributed by atoms with Crippen LogP contribution < -0.4 is 9.47 Å². The summed E-state index contributed by atoms with van der Waals surface area (Å²) < 4.78 is 11.3. The molecule has 3 aromatic rings. The molecule has 8 heteroatoms. The van der Waals surface area contributed by atoms with Gasteiger partial charge in [0.15, 0.2) is 11.5 Å². The molecule has 4 rings (SSSR count). The van der Waals surface area contributed by atoms with E-state index in [4.69, 9.17) is 9.47 Å². The van der Waals surface area contributed by atoms with Crippen molar-refractivity contribution < 1.29 is 29.3 Å². The quantitative estimate of drug-likeness (QED) is 0.204. The van der Waals surface area contributed by atoms with Crippen LogP contribution in [0.25, 0.3) is 5.76 Å². The highest BCUT2D eigenvalue weighted by Crippen LogP contribution is 2.43. The summed E-state index contributed by atoms with van der Waals surface area (Å²) in [5, 5.41) is 23.7. The second-order valence-electron chi connectivity index (χ2n) is 9.01. The van der Waals surface area contributed by atoms with Gasteiger partial charge in [-0.05, 0) is 72.7 Å². The molecule has 1 atom stereocenters. The molecule has 0 radical (unpaired) electrons. The maximum atomic E-state index is 13.4. The van der Waals surface area contributed by atoms with E-state index in [2.05, 4.69) is 0 Å². The fraction of sp³-hybridized carbons (Fsp3) is 0.310. The molecule has 1 aliphatic heterocycles. The van der Waals surface area contributed by atoms with E-state index < -0.39 is 17.7 Å². The number of ether oxygens (including phenoxy) is 2. The first kappa shape index (κ1) is 26.3. The van der Waals surface area contributed by atoms with E-state index in [0.717, 1.165) is 10.4 Å². The lowest BCUT2D eigenvalue weighted by Gasteiger charge is -2.25. The fourth-order valence-corrected chi connectivity index (χ4v) is 5.22. The van der Waals surface area contributed by atoms with Crippen LogP contribution >= 0.6 is 11.3 Å². The van der Waals surface area contributed by atoms with Crippen LogP contribution in [-0.4, -0.2) is 40.0 Å². The molecule has 0 aliphatic carbocycles. The van der Waals surface area contributed by atoms with Crippen LogP contribution in [0.5, 0.6) is 17.2 Å². The molecule has 0 spiro atoms. The number of likely N-dealkylation sites (tertiary alicyclic amines) is 1. The van der Waals surface area contributed by atoms with Crippen molar-refractivity contribution in [2.75, 3.05) is 13.2 Å². The van der Waals surface area contributed by atoms with Gasteiger partial charge in [-0.25, -0.2) is 0 Å². The number of carbonyl (C=O) groups excluding carboxylic acids is 2. The third kappa shape index (κ3) is 5.20. The predicted octanol–water partition coefficient (Wildman–Crippen LogP) is 6.00. The molecule has 7 nitrogen and oxygen atoms in total.